The predicted molar refractivity (Wildman–Crippen MR) is 95.4 cm³/mol. The van der Waals surface area contributed by atoms with Gasteiger partial charge in [-0.05, 0) is 36.1 Å². The maximum Gasteiger partial charge on any atom is 0.120 e. The molecule has 0 fully saturated rings. The first-order valence-corrected chi connectivity index (χ1v) is 8.05. The summed E-state index contributed by atoms with van der Waals surface area (Å²) in [5.41, 5.74) is 12.3. The molecular formula is C20H25NO2. The molecule has 122 valence electrons. The molecule has 2 aliphatic rings. The second kappa shape index (κ2) is 5.89. The molecule has 2 N–H and O–H groups in total. The Labute approximate surface area is 138 Å². The molecule has 23 heavy (non-hydrogen) atoms. The number of anilines is 1. The molecule has 0 aliphatic heterocycles. The van der Waals surface area contributed by atoms with E-state index in [0.717, 1.165) is 29.8 Å². The van der Waals surface area contributed by atoms with Gasteiger partial charge in [0.2, 0.25) is 0 Å². The van der Waals surface area contributed by atoms with Gasteiger partial charge in [-0.15, -0.1) is 0 Å². The quantitative estimate of drug-likeness (QED) is 0.843. The number of nitrogen functional groups attached to an aromatic ring is 1. The van der Waals surface area contributed by atoms with Crippen LogP contribution in [0.3, 0.4) is 0 Å². The SMILES string of the molecule is COc1ccc(C2=CCC3=C(C=CC(OC)C3)C2(C)C)c(N)c1. The summed E-state index contributed by atoms with van der Waals surface area (Å²) in [6.45, 7) is 4.54. The van der Waals surface area contributed by atoms with Crippen molar-refractivity contribution >= 4 is 11.3 Å². The fourth-order valence-electron chi connectivity index (χ4n) is 3.73. The largest absolute Gasteiger partial charge is 0.497 e. The monoisotopic (exact) mass is 311 g/mol. The lowest BCUT2D eigenvalue weighted by Crippen LogP contribution is -2.25. The molecule has 0 heterocycles. The third kappa shape index (κ3) is 2.70. The maximum absolute atomic E-state index is 6.29. The summed E-state index contributed by atoms with van der Waals surface area (Å²) in [4.78, 5) is 0. The first kappa shape index (κ1) is 15.9. The Morgan fingerprint density at radius 2 is 2.00 bits per heavy atom. The number of ether oxygens (including phenoxy) is 2. The normalized spacial score (nSPS) is 22.6. The Morgan fingerprint density at radius 3 is 2.65 bits per heavy atom. The van der Waals surface area contributed by atoms with Crippen molar-refractivity contribution in [3.05, 3.63) is 53.1 Å². The lowest BCUT2D eigenvalue weighted by Gasteiger charge is -2.38. The standard InChI is InChI=1S/C20H25NO2/c1-20(2)17-10-7-14(22-3)11-13(17)5-9-18(20)16-8-6-15(23-4)12-19(16)21/h6-10,12,14H,5,11,21H2,1-4H3. The zero-order valence-electron chi connectivity index (χ0n) is 14.3. The summed E-state index contributed by atoms with van der Waals surface area (Å²) >= 11 is 0. The fraction of sp³-hybridized carbons (Fsp3) is 0.400. The van der Waals surface area contributed by atoms with Crippen LogP contribution in [-0.2, 0) is 4.74 Å². The van der Waals surface area contributed by atoms with Crippen molar-refractivity contribution in [1.29, 1.82) is 0 Å². The second-order valence-electron chi connectivity index (χ2n) is 6.75. The number of benzene rings is 1. The van der Waals surface area contributed by atoms with E-state index >= 15 is 0 Å². The van der Waals surface area contributed by atoms with E-state index in [2.05, 4.69) is 38.1 Å². The molecule has 0 saturated carbocycles. The molecule has 1 unspecified atom stereocenters. The van der Waals surface area contributed by atoms with Crippen LogP contribution in [0, 0.1) is 5.41 Å². The zero-order valence-corrected chi connectivity index (χ0v) is 14.3. The topological polar surface area (TPSA) is 44.5 Å². The molecule has 1 aromatic rings. The fourth-order valence-corrected chi connectivity index (χ4v) is 3.73. The molecule has 3 rings (SSSR count). The minimum absolute atomic E-state index is 0.0640. The Hall–Kier alpha value is -2.00. The van der Waals surface area contributed by atoms with Gasteiger partial charge < -0.3 is 15.2 Å². The Kier molecular flexibility index (Phi) is 4.07. The van der Waals surface area contributed by atoms with E-state index in [9.17, 15) is 0 Å². The molecule has 0 amide bonds. The van der Waals surface area contributed by atoms with Crippen molar-refractivity contribution in [3.8, 4) is 5.75 Å². The minimum Gasteiger partial charge on any atom is -0.497 e. The van der Waals surface area contributed by atoms with Gasteiger partial charge in [-0.3, -0.25) is 0 Å². The van der Waals surface area contributed by atoms with Crippen molar-refractivity contribution < 1.29 is 9.47 Å². The van der Waals surface area contributed by atoms with Crippen molar-refractivity contribution in [1.82, 2.24) is 0 Å². The molecular weight excluding hydrogens is 286 g/mol. The van der Waals surface area contributed by atoms with Crippen molar-refractivity contribution in [2.45, 2.75) is 32.8 Å². The van der Waals surface area contributed by atoms with Gasteiger partial charge in [0.05, 0.1) is 13.2 Å². The highest BCUT2D eigenvalue weighted by Gasteiger charge is 2.35. The van der Waals surface area contributed by atoms with Crippen LogP contribution in [0.15, 0.2) is 47.6 Å². The van der Waals surface area contributed by atoms with Crippen LogP contribution in [0.2, 0.25) is 0 Å². The average molecular weight is 311 g/mol. The summed E-state index contributed by atoms with van der Waals surface area (Å²) in [6, 6.07) is 5.94. The van der Waals surface area contributed by atoms with E-state index in [0.29, 0.717) is 0 Å². The van der Waals surface area contributed by atoms with Gasteiger partial charge in [0.15, 0.2) is 0 Å². The first-order valence-electron chi connectivity index (χ1n) is 8.05. The molecule has 0 aromatic heterocycles. The summed E-state index contributed by atoms with van der Waals surface area (Å²) in [5.74, 6) is 0.792. The van der Waals surface area contributed by atoms with Crippen LogP contribution in [0.4, 0.5) is 5.69 Å². The Morgan fingerprint density at radius 1 is 1.22 bits per heavy atom. The van der Waals surface area contributed by atoms with Gasteiger partial charge in [-0.1, -0.05) is 37.6 Å². The number of methoxy groups -OCH3 is 2. The number of allylic oxidation sites excluding steroid dienone is 4. The van der Waals surface area contributed by atoms with Crippen LogP contribution >= 0.6 is 0 Å². The van der Waals surface area contributed by atoms with E-state index < -0.39 is 0 Å². The predicted octanol–water partition coefficient (Wildman–Crippen LogP) is 4.36. The molecule has 0 spiro atoms. The van der Waals surface area contributed by atoms with Crippen molar-refractivity contribution in [2.75, 3.05) is 20.0 Å². The molecule has 1 aromatic carbocycles. The first-order chi connectivity index (χ1) is 11.0. The maximum atomic E-state index is 6.29. The number of hydrogen-bond acceptors (Lipinski definition) is 3. The average Bonchev–Trinajstić information content (AvgIpc) is 2.55. The van der Waals surface area contributed by atoms with Crippen LogP contribution in [-0.4, -0.2) is 20.3 Å². The summed E-state index contributed by atoms with van der Waals surface area (Å²) < 4.78 is 10.8. The van der Waals surface area contributed by atoms with E-state index in [1.54, 1.807) is 14.2 Å². The lowest BCUT2D eigenvalue weighted by atomic mass is 9.67. The highest BCUT2D eigenvalue weighted by molar-refractivity contribution is 5.82. The van der Waals surface area contributed by atoms with E-state index in [1.165, 1.54) is 16.7 Å². The van der Waals surface area contributed by atoms with Gasteiger partial charge >= 0.3 is 0 Å². The van der Waals surface area contributed by atoms with Gasteiger partial charge in [-0.25, -0.2) is 0 Å². The molecule has 0 bridgehead atoms. The smallest absolute Gasteiger partial charge is 0.120 e. The van der Waals surface area contributed by atoms with E-state index in [4.69, 9.17) is 15.2 Å². The molecule has 0 radical (unpaired) electrons. The molecule has 2 aliphatic carbocycles. The minimum atomic E-state index is -0.0640. The molecule has 3 heteroatoms. The molecule has 1 atom stereocenters. The zero-order chi connectivity index (χ0) is 16.6. The van der Waals surface area contributed by atoms with Crippen LogP contribution in [0.1, 0.15) is 32.3 Å². The van der Waals surface area contributed by atoms with Crippen LogP contribution < -0.4 is 10.5 Å². The molecule has 3 nitrogen and oxygen atoms in total. The number of rotatable bonds is 3. The van der Waals surface area contributed by atoms with Gasteiger partial charge in [0.25, 0.3) is 0 Å². The summed E-state index contributed by atoms with van der Waals surface area (Å²) in [6.07, 6.45) is 8.87. The number of nitrogens with two attached hydrogens (primary N) is 1. The Balaban J connectivity index is 1.98. The van der Waals surface area contributed by atoms with E-state index in [-0.39, 0.29) is 11.5 Å². The third-order valence-corrected chi connectivity index (χ3v) is 5.06. The molecule has 0 saturated heterocycles. The summed E-state index contributed by atoms with van der Waals surface area (Å²) in [7, 11) is 3.43. The number of hydrogen-bond donors (Lipinski definition) is 1. The Bertz CT molecular complexity index is 710. The summed E-state index contributed by atoms with van der Waals surface area (Å²) in [5, 5.41) is 0. The van der Waals surface area contributed by atoms with Gasteiger partial charge in [-0.2, -0.15) is 0 Å². The van der Waals surface area contributed by atoms with Gasteiger partial charge in [0, 0.05) is 29.8 Å². The van der Waals surface area contributed by atoms with Crippen molar-refractivity contribution in [3.63, 3.8) is 0 Å². The third-order valence-electron chi connectivity index (χ3n) is 5.06. The van der Waals surface area contributed by atoms with E-state index in [1.807, 2.05) is 12.1 Å². The second-order valence-corrected chi connectivity index (χ2v) is 6.75. The lowest BCUT2D eigenvalue weighted by molar-refractivity contribution is 0.138. The van der Waals surface area contributed by atoms with Crippen LogP contribution in [0.25, 0.3) is 5.57 Å². The highest BCUT2D eigenvalue weighted by atomic mass is 16.5. The van der Waals surface area contributed by atoms with Crippen LogP contribution in [0.5, 0.6) is 5.75 Å². The highest BCUT2D eigenvalue weighted by Crippen LogP contribution is 2.50. The van der Waals surface area contributed by atoms with Crippen molar-refractivity contribution in [2.24, 2.45) is 5.41 Å². The van der Waals surface area contributed by atoms with Gasteiger partial charge in [0.1, 0.15) is 5.75 Å².